The number of hydrogen-bond acceptors (Lipinski definition) is 3. The maximum absolute atomic E-state index is 5.01. The van der Waals surface area contributed by atoms with E-state index in [1.165, 1.54) is 0 Å². The summed E-state index contributed by atoms with van der Waals surface area (Å²) in [5.41, 5.74) is 3.04. The number of rotatable bonds is 2. The van der Waals surface area contributed by atoms with Gasteiger partial charge in [-0.25, -0.2) is 0 Å². The van der Waals surface area contributed by atoms with Gasteiger partial charge in [0.1, 0.15) is 0 Å². The highest BCUT2D eigenvalue weighted by atomic mass is 16.5. The molecule has 0 saturated heterocycles. The van der Waals surface area contributed by atoms with E-state index in [4.69, 9.17) is 4.74 Å². The minimum absolute atomic E-state index is 0.548. The SMILES string of the molecule is COc1cc(C)c(-c2ccccc2)nn1. The second kappa shape index (κ2) is 4.09. The van der Waals surface area contributed by atoms with Crippen LogP contribution in [-0.2, 0) is 0 Å². The van der Waals surface area contributed by atoms with Crippen LogP contribution >= 0.6 is 0 Å². The Morgan fingerprint density at radius 1 is 1.07 bits per heavy atom. The number of aryl methyl sites for hydroxylation is 1. The smallest absolute Gasteiger partial charge is 0.233 e. The Labute approximate surface area is 88.7 Å². The van der Waals surface area contributed by atoms with E-state index >= 15 is 0 Å². The maximum Gasteiger partial charge on any atom is 0.233 e. The highest BCUT2D eigenvalue weighted by molar-refractivity contribution is 5.62. The van der Waals surface area contributed by atoms with Crippen molar-refractivity contribution in [2.45, 2.75) is 6.92 Å². The van der Waals surface area contributed by atoms with E-state index < -0.39 is 0 Å². The fraction of sp³-hybridized carbons (Fsp3) is 0.167. The molecule has 0 bridgehead atoms. The minimum Gasteiger partial charge on any atom is -0.480 e. The molecule has 0 radical (unpaired) electrons. The van der Waals surface area contributed by atoms with Crippen LogP contribution in [0.25, 0.3) is 11.3 Å². The molecule has 3 nitrogen and oxygen atoms in total. The molecule has 0 aliphatic heterocycles. The summed E-state index contributed by atoms with van der Waals surface area (Å²) in [6, 6.07) is 11.9. The highest BCUT2D eigenvalue weighted by Gasteiger charge is 2.05. The zero-order chi connectivity index (χ0) is 10.7. The van der Waals surface area contributed by atoms with Crippen LogP contribution < -0.4 is 4.74 Å². The third kappa shape index (κ3) is 1.96. The van der Waals surface area contributed by atoms with Crippen molar-refractivity contribution in [3.63, 3.8) is 0 Å². The molecule has 0 aliphatic rings. The lowest BCUT2D eigenvalue weighted by Crippen LogP contribution is -1.95. The molecular weight excluding hydrogens is 188 g/mol. The maximum atomic E-state index is 5.01. The molecule has 0 amide bonds. The summed E-state index contributed by atoms with van der Waals surface area (Å²) in [7, 11) is 1.59. The fourth-order valence-corrected chi connectivity index (χ4v) is 1.44. The lowest BCUT2D eigenvalue weighted by atomic mass is 10.1. The Morgan fingerprint density at radius 2 is 1.80 bits per heavy atom. The van der Waals surface area contributed by atoms with Gasteiger partial charge in [0.25, 0.3) is 0 Å². The highest BCUT2D eigenvalue weighted by Crippen LogP contribution is 2.21. The zero-order valence-corrected chi connectivity index (χ0v) is 8.77. The summed E-state index contributed by atoms with van der Waals surface area (Å²) in [6.07, 6.45) is 0. The number of nitrogens with zero attached hydrogens (tertiary/aromatic N) is 2. The molecule has 0 spiro atoms. The van der Waals surface area contributed by atoms with Crippen molar-refractivity contribution < 1.29 is 4.74 Å². The Bertz CT molecular complexity index is 454. The molecule has 2 aromatic rings. The Kier molecular flexibility index (Phi) is 2.63. The molecule has 0 atom stereocenters. The molecule has 15 heavy (non-hydrogen) atoms. The summed E-state index contributed by atoms with van der Waals surface area (Å²) in [4.78, 5) is 0. The van der Waals surface area contributed by atoms with Crippen LogP contribution in [0, 0.1) is 6.92 Å². The van der Waals surface area contributed by atoms with Crippen LogP contribution in [-0.4, -0.2) is 17.3 Å². The first-order chi connectivity index (χ1) is 7.31. The fourth-order valence-electron chi connectivity index (χ4n) is 1.44. The van der Waals surface area contributed by atoms with E-state index in [0.717, 1.165) is 16.8 Å². The zero-order valence-electron chi connectivity index (χ0n) is 8.77. The van der Waals surface area contributed by atoms with Crippen LogP contribution in [0.1, 0.15) is 5.56 Å². The van der Waals surface area contributed by atoms with E-state index in [2.05, 4.69) is 10.2 Å². The first kappa shape index (κ1) is 9.65. The van der Waals surface area contributed by atoms with Crippen LogP contribution in [0.3, 0.4) is 0 Å². The van der Waals surface area contributed by atoms with E-state index in [9.17, 15) is 0 Å². The largest absolute Gasteiger partial charge is 0.480 e. The van der Waals surface area contributed by atoms with Crippen LogP contribution in [0.15, 0.2) is 36.4 Å². The number of methoxy groups -OCH3 is 1. The summed E-state index contributed by atoms with van der Waals surface area (Å²) in [6.45, 7) is 2.00. The third-order valence-electron chi connectivity index (χ3n) is 2.22. The molecule has 0 saturated carbocycles. The standard InChI is InChI=1S/C12H12N2O/c1-9-8-11(15-2)13-14-12(9)10-6-4-3-5-7-10/h3-8H,1-2H3. The van der Waals surface area contributed by atoms with Gasteiger partial charge in [-0.05, 0) is 12.5 Å². The second-order valence-electron chi connectivity index (χ2n) is 3.28. The van der Waals surface area contributed by atoms with Gasteiger partial charge in [0, 0.05) is 11.6 Å². The van der Waals surface area contributed by atoms with Gasteiger partial charge in [-0.1, -0.05) is 30.3 Å². The van der Waals surface area contributed by atoms with E-state index in [1.54, 1.807) is 7.11 Å². The average Bonchev–Trinajstić information content (AvgIpc) is 2.30. The van der Waals surface area contributed by atoms with Gasteiger partial charge in [-0.3, -0.25) is 0 Å². The van der Waals surface area contributed by atoms with Crippen molar-refractivity contribution in [1.82, 2.24) is 10.2 Å². The predicted molar refractivity (Wildman–Crippen MR) is 58.8 cm³/mol. The number of ether oxygens (including phenoxy) is 1. The Hall–Kier alpha value is -1.90. The van der Waals surface area contributed by atoms with Gasteiger partial charge in [-0.15, -0.1) is 10.2 Å². The number of benzene rings is 1. The summed E-state index contributed by atoms with van der Waals surface area (Å²) < 4.78 is 5.01. The number of aromatic nitrogens is 2. The topological polar surface area (TPSA) is 35.0 Å². The summed E-state index contributed by atoms with van der Waals surface area (Å²) in [5, 5.41) is 8.11. The van der Waals surface area contributed by atoms with Gasteiger partial charge < -0.3 is 4.74 Å². The van der Waals surface area contributed by atoms with Gasteiger partial charge >= 0.3 is 0 Å². The van der Waals surface area contributed by atoms with Crippen LogP contribution in [0.2, 0.25) is 0 Å². The normalized spacial score (nSPS) is 10.0. The molecule has 0 fully saturated rings. The summed E-state index contributed by atoms with van der Waals surface area (Å²) in [5.74, 6) is 0.548. The molecular formula is C12H12N2O. The van der Waals surface area contributed by atoms with Gasteiger partial charge in [0.05, 0.1) is 12.8 Å². The van der Waals surface area contributed by atoms with E-state index in [0.29, 0.717) is 5.88 Å². The molecule has 2 rings (SSSR count). The first-order valence-corrected chi connectivity index (χ1v) is 4.75. The molecule has 3 heteroatoms. The third-order valence-corrected chi connectivity index (χ3v) is 2.22. The number of hydrogen-bond donors (Lipinski definition) is 0. The van der Waals surface area contributed by atoms with Gasteiger partial charge in [0.15, 0.2) is 0 Å². The van der Waals surface area contributed by atoms with E-state index in [-0.39, 0.29) is 0 Å². The Balaban J connectivity index is 2.46. The van der Waals surface area contributed by atoms with Gasteiger partial charge in [0.2, 0.25) is 5.88 Å². The van der Waals surface area contributed by atoms with Crippen molar-refractivity contribution in [2.24, 2.45) is 0 Å². The van der Waals surface area contributed by atoms with Crippen LogP contribution in [0.4, 0.5) is 0 Å². The van der Waals surface area contributed by atoms with Crippen molar-refractivity contribution in [1.29, 1.82) is 0 Å². The van der Waals surface area contributed by atoms with Crippen molar-refractivity contribution in [3.8, 4) is 17.1 Å². The van der Waals surface area contributed by atoms with E-state index in [1.807, 2.05) is 43.3 Å². The molecule has 1 aromatic heterocycles. The average molecular weight is 200 g/mol. The Morgan fingerprint density at radius 3 is 2.40 bits per heavy atom. The lowest BCUT2D eigenvalue weighted by Gasteiger charge is -2.05. The van der Waals surface area contributed by atoms with Gasteiger partial charge in [-0.2, -0.15) is 0 Å². The predicted octanol–water partition coefficient (Wildman–Crippen LogP) is 2.46. The quantitative estimate of drug-likeness (QED) is 0.747. The lowest BCUT2D eigenvalue weighted by molar-refractivity contribution is 0.392. The van der Waals surface area contributed by atoms with Crippen molar-refractivity contribution in [3.05, 3.63) is 42.0 Å². The molecule has 0 unspecified atom stereocenters. The molecule has 1 aromatic carbocycles. The van der Waals surface area contributed by atoms with Crippen LogP contribution in [0.5, 0.6) is 5.88 Å². The second-order valence-corrected chi connectivity index (χ2v) is 3.28. The molecule has 0 N–H and O–H groups in total. The van der Waals surface area contributed by atoms with Crippen molar-refractivity contribution in [2.75, 3.05) is 7.11 Å². The first-order valence-electron chi connectivity index (χ1n) is 4.75. The van der Waals surface area contributed by atoms with Crippen molar-refractivity contribution >= 4 is 0 Å². The monoisotopic (exact) mass is 200 g/mol. The molecule has 76 valence electrons. The summed E-state index contributed by atoms with van der Waals surface area (Å²) >= 11 is 0. The molecule has 0 aliphatic carbocycles. The molecule has 1 heterocycles. The minimum atomic E-state index is 0.548.